The molecule has 1 aromatic heterocycles. The highest BCUT2D eigenvalue weighted by molar-refractivity contribution is 6.30. The fourth-order valence-corrected chi connectivity index (χ4v) is 3.97. The molecular formula is C24H25ClN4O3. The molecule has 1 aliphatic rings. The lowest BCUT2D eigenvalue weighted by Crippen LogP contribution is -2.38. The van der Waals surface area contributed by atoms with Crippen LogP contribution in [0.2, 0.25) is 5.02 Å². The third-order valence-corrected chi connectivity index (χ3v) is 5.75. The van der Waals surface area contributed by atoms with E-state index in [1.807, 2.05) is 37.3 Å². The molecule has 0 saturated carbocycles. The van der Waals surface area contributed by atoms with E-state index in [9.17, 15) is 4.79 Å². The maximum Gasteiger partial charge on any atom is 0.263 e. The number of methoxy groups -OCH3 is 1. The van der Waals surface area contributed by atoms with E-state index in [0.29, 0.717) is 54.2 Å². The van der Waals surface area contributed by atoms with Crippen LogP contribution in [-0.2, 0) is 4.79 Å². The van der Waals surface area contributed by atoms with Gasteiger partial charge in [0.25, 0.3) is 5.88 Å². The van der Waals surface area contributed by atoms with E-state index in [0.717, 1.165) is 11.3 Å². The third kappa shape index (κ3) is 5.11. The van der Waals surface area contributed by atoms with Gasteiger partial charge in [-0.25, -0.2) is 9.97 Å². The highest BCUT2D eigenvalue weighted by Gasteiger charge is 2.28. The zero-order valence-corrected chi connectivity index (χ0v) is 18.8. The highest BCUT2D eigenvalue weighted by Crippen LogP contribution is 2.32. The molecule has 0 bridgehead atoms. The fraction of sp³-hybridized carbons (Fsp3) is 0.292. The van der Waals surface area contributed by atoms with Gasteiger partial charge in [0, 0.05) is 48.2 Å². The lowest BCUT2D eigenvalue weighted by Gasteiger charge is -2.32. The van der Waals surface area contributed by atoms with Crippen molar-refractivity contribution >= 4 is 29.0 Å². The first-order valence-corrected chi connectivity index (χ1v) is 10.9. The normalized spacial score (nSPS) is 14.2. The minimum Gasteiger partial charge on any atom is -0.497 e. The number of benzene rings is 2. The molecule has 7 nitrogen and oxygen atoms in total. The molecule has 166 valence electrons. The van der Waals surface area contributed by atoms with Crippen molar-refractivity contribution in [3.63, 3.8) is 0 Å². The van der Waals surface area contributed by atoms with Gasteiger partial charge in [-0.1, -0.05) is 17.7 Å². The number of nitrogens with one attached hydrogen (secondary N) is 1. The number of halogens is 1. The number of rotatable bonds is 6. The summed E-state index contributed by atoms with van der Waals surface area (Å²) in [6.45, 7) is 3.30. The topological polar surface area (TPSA) is 76.6 Å². The number of aryl methyl sites for hydroxylation is 1. The number of hydrogen-bond donors (Lipinski definition) is 1. The van der Waals surface area contributed by atoms with Crippen LogP contribution >= 0.6 is 11.6 Å². The van der Waals surface area contributed by atoms with Crippen molar-refractivity contribution in [1.82, 2.24) is 9.97 Å². The fourth-order valence-electron chi connectivity index (χ4n) is 3.74. The van der Waals surface area contributed by atoms with E-state index in [1.54, 1.807) is 31.6 Å². The van der Waals surface area contributed by atoms with Crippen LogP contribution in [-0.4, -0.2) is 36.1 Å². The van der Waals surface area contributed by atoms with E-state index >= 15 is 0 Å². The molecule has 0 atom stereocenters. The molecule has 2 heterocycles. The number of carbonyl (C=O) groups is 1. The Bertz CT molecular complexity index is 1100. The predicted molar refractivity (Wildman–Crippen MR) is 125 cm³/mol. The molecule has 8 heteroatoms. The second-order valence-corrected chi connectivity index (χ2v) is 8.11. The van der Waals surface area contributed by atoms with Crippen molar-refractivity contribution in [3.05, 3.63) is 65.4 Å². The molecule has 4 rings (SSSR count). The predicted octanol–water partition coefficient (Wildman–Crippen LogP) is 5.09. The molecule has 3 aromatic rings. The number of aromatic nitrogens is 2. The molecule has 2 aromatic carbocycles. The van der Waals surface area contributed by atoms with Crippen LogP contribution in [0.1, 0.15) is 18.4 Å². The van der Waals surface area contributed by atoms with Crippen molar-refractivity contribution in [3.8, 4) is 17.4 Å². The Kier molecular flexibility index (Phi) is 6.75. The SMILES string of the molecule is COc1cccc(Oc2nccnc2N2CCC(C(=O)Nc3ccc(Cl)cc3C)CC2)c1. The zero-order chi connectivity index (χ0) is 22.5. The molecule has 1 N–H and O–H groups in total. The molecule has 0 unspecified atom stereocenters. The first-order valence-electron chi connectivity index (χ1n) is 10.5. The van der Waals surface area contributed by atoms with Crippen molar-refractivity contribution in [1.29, 1.82) is 0 Å². The molecule has 1 fully saturated rings. The average molecular weight is 453 g/mol. The van der Waals surface area contributed by atoms with Gasteiger partial charge in [0.2, 0.25) is 5.91 Å². The van der Waals surface area contributed by atoms with E-state index in [4.69, 9.17) is 21.1 Å². The van der Waals surface area contributed by atoms with E-state index in [-0.39, 0.29) is 11.8 Å². The Morgan fingerprint density at radius 1 is 1.09 bits per heavy atom. The Morgan fingerprint density at radius 3 is 2.59 bits per heavy atom. The van der Waals surface area contributed by atoms with E-state index in [2.05, 4.69) is 20.2 Å². The van der Waals surface area contributed by atoms with Crippen LogP contribution in [0.4, 0.5) is 11.5 Å². The molecule has 32 heavy (non-hydrogen) atoms. The summed E-state index contributed by atoms with van der Waals surface area (Å²) >= 11 is 6.01. The van der Waals surface area contributed by atoms with Crippen LogP contribution in [0.5, 0.6) is 17.4 Å². The summed E-state index contributed by atoms with van der Waals surface area (Å²) in [4.78, 5) is 23.8. The van der Waals surface area contributed by atoms with Gasteiger partial charge in [-0.2, -0.15) is 0 Å². The number of nitrogens with zero attached hydrogens (tertiary/aromatic N) is 3. The average Bonchev–Trinajstić information content (AvgIpc) is 2.81. The summed E-state index contributed by atoms with van der Waals surface area (Å²) in [6, 6.07) is 12.8. The number of carbonyl (C=O) groups excluding carboxylic acids is 1. The minimum absolute atomic E-state index is 0.0297. The molecule has 1 aliphatic heterocycles. The Balaban J connectivity index is 1.40. The Morgan fingerprint density at radius 2 is 1.84 bits per heavy atom. The lowest BCUT2D eigenvalue weighted by atomic mass is 9.95. The summed E-state index contributed by atoms with van der Waals surface area (Å²) in [5.41, 5.74) is 1.74. The maximum absolute atomic E-state index is 12.8. The highest BCUT2D eigenvalue weighted by atomic mass is 35.5. The van der Waals surface area contributed by atoms with Crippen molar-refractivity contribution in [2.45, 2.75) is 19.8 Å². The molecule has 0 aliphatic carbocycles. The number of ether oxygens (including phenoxy) is 2. The molecular weight excluding hydrogens is 428 g/mol. The summed E-state index contributed by atoms with van der Waals surface area (Å²) in [5.74, 6) is 2.39. The van der Waals surface area contributed by atoms with Gasteiger partial charge in [-0.05, 0) is 55.7 Å². The molecule has 1 saturated heterocycles. The molecule has 1 amide bonds. The van der Waals surface area contributed by atoms with Gasteiger partial charge in [0.05, 0.1) is 7.11 Å². The van der Waals surface area contributed by atoms with Crippen LogP contribution < -0.4 is 19.7 Å². The summed E-state index contributed by atoms with van der Waals surface area (Å²) in [5, 5.41) is 3.69. The van der Waals surface area contributed by atoms with Gasteiger partial charge in [0.15, 0.2) is 5.82 Å². The number of piperidine rings is 1. The molecule has 0 radical (unpaired) electrons. The van der Waals surface area contributed by atoms with Gasteiger partial charge >= 0.3 is 0 Å². The number of anilines is 2. The molecule has 0 spiro atoms. The van der Waals surface area contributed by atoms with Gasteiger partial charge in [-0.15, -0.1) is 0 Å². The van der Waals surface area contributed by atoms with Crippen molar-refractivity contribution in [2.24, 2.45) is 5.92 Å². The first-order chi connectivity index (χ1) is 15.5. The van der Waals surface area contributed by atoms with Crippen molar-refractivity contribution < 1.29 is 14.3 Å². The lowest BCUT2D eigenvalue weighted by molar-refractivity contribution is -0.120. The van der Waals surface area contributed by atoms with Gasteiger partial charge in [0.1, 0.15) is 11.5 Å². The maximum atomic E-state index is 12.8. The Labute approximate surface area is 192 Å². The quantitative estimate of drug-likeness (QED) is 0.561. The minimum atomic E-state index is -0.0687. The van der Waals surface area contributed by atoms with Crippen LogP contribution in [0.15, 0.2) is 54.9 Å². The van der Waals surface area contributed by atoms with E-state index in [1.165, 1.54) is 0 Å². The smallest absolute Gasteiger partial charge is 0.263 e. The third-order valence-electron chi connectivity index (χ3n) is 5.51. The summed E-state index contributed by atoms with van der Waals surface area (Å²) in [6.07, 6.45) is 4.69. The van der Waals surface area contributed by atoms with E-state index < -0.39 is 0 Å². The summed E-state index contributed by atoms with van der Waals surface area (Å²) < 4.78 is 11.3. The largest absolute Gasteiger partial charge is 0.497 e. The first kappa shape index (κ1) is 21.9. The second kappa shape index (κ2) is 9.87. The van der Waals surface area contributed by atoms with Crippen LogP contribution in [0.3, 0.4) is 0 Å². The van der Waals surface area contributed by atoms with Crippen LogP contribution in [0, 0.1) is 12.8 Å². The summed E-state index contributed by atoms with van der Waals surface area (Å²) in [7, 11) is 1.61. The monoisotopic (exact) mass is 452 g/mol. The zero-order valence-electron chi connectivity index (χ0n) is 18.0. The van der Waals surface area contributed by atoms with Gasteiger partial charge < -0.3 is 19.7 Å². The van der Waals surface area contributed by atoms with Crippen LogP contribution in [0.25, 0.3) is 0 Å². The number of amides is 1. The number of hydrogen-bond acceptors (Lipinski definition) is 6. The second-order valence-electron chi connectivity index (χ2n) is 7.68. The standard InChI is InChI=1S/C24H25ClN4O3/c1-16-14-18(25)6-7-21(16)28-23(30)17-8-12-29(13-9-17)22-24(27-11-10-26-22)32-20-5-3-4-19(15-20)31-2/h3-7,10-11,14-15,17H,8-9,12-13H2,1-2H3,(H,28,30). The van der Waals surface area contributed by atoms with Crippen molar-refractivity contribution in [2.75, 3.05) is 30.4 Å². The van der Waals surface area contributed by atoms with Gasteiger partial charge in [-0.3, -0.25) is 4.79 Å². The Hall–Kier alpha value is -3.32.